The maximum atomic E-state index is 11.9. The smallest absolute Gasteiger partial charge is 0.306 e. The summed E-state index contributed by atoms with van der Waals surface area (Å²) in [6.45, 7) is 1.57. The van der Waals surface area contributed by atoms with Crippen LogP contribution in [0.25, 0.3) is 0 Å². The standard InChI is InChI=1S/C21H30N2O4/c1-16(17-9-4-2-5-10-17)22-20(25)15-27-21(26)14-8-13-19(24)23-18-11-6-3-7-12-18/h2,4-5,9-10,16,18H,3,6-8,11-15H2,1H3,(H,22,25)(H,23,24)/t16-/m1/s1. The molecule has 6 nitrogen and oxygen atoms in total. The Hall–Kier alpha value is -2.37. The third-order valence-electron chi connectivity index (χ3n) is 4.80. The van der Waals surface area contributed by atoms with E-state index in [4.69, 9.17) is 4.74 Å². The normalized spacial score (nSPS) is 15.6. The number of nitrogens with one attached hydrogen (secondary N) is 2. The summed E-state index contributed by atoms with van der Waals surface area (Å²) in [5, 5.41) is 5.82. The van der Waals surface area contributed by atoms with Gasteiger partial charge in [-0.25, -0.2) is 0 Å². The number of hydrogen-bond donors (Lipinski definition) is 2. The molecule has 2 rings (SSSR count). The van der Waals surface area contributed by atoms with Gasteiger partial charge in [-0.1, -0.05) is 49.6 Å². The van der Waals surface area contributed by atoms with Gasteiger partial charge in [0.2, 0.25) is 5.91 Å². The van der Waals surface area contributed by atoms with Crippen molar-refractivity contribution in [1.29, 1.82) is 0 Å². The summed E-state index contributed by atoms with van der Waals surface area (Å²) in [5.74, 6) is -0.804. The van der Waals surface area contributed by atoms with Gasteiger partial charge >= 0.3 is 5.97 Å². The zero-order chi connectivity index (χ0) is 19.5. The van der Waals surface area contributed by atoms with Crippen molar-refractivity contribution in [3.63, 3.8) is 0 Å². The Balaban J connectivity index is 1.56. The first kappa shape index (κ1) is 20.9. The molecule has 0 saturated heterocycles. The van der Waals surface area contributed by atoms with Crippen molar-refractivity contribution in [2.24, 2.45) is 0 Å². The summed E-state index contributed by atoms with van der Waals surface area (Å²) in [6, 6.07) is 9.71. The van der Waals surface area contributed by atoms with Crippen molar-refractivity contribution in [2.75, 3.05) is 6.61 Å². The van der Waals surface area contributed by atoms with E-state index in [-0.39, 0.29) is 36.9 Å². The van der Waals surface area contributed by atoms with E-state index < -0.39 is 5.97 Å². The summed E-state index contributed by atoms with van der Waals surface area (Å²) in [7, 11) is 0. The molecule has 1 aromatic rings. The molecule has 0 spiro atoms. The van der Waals surface area contributed by atoms with E-state index in [2.05, 4.69) is 10.6 Å². The van der Waals surface area contributed by atoms with Crippen LogP contribution in [0, 0.1) is 0 Å². The Kier molecular flexibility index (Phi) is 8.81. The van der Waals surface area contributed by atoms with Crippen molar-refractivity contribution in [1.82, 2.24) is 10.6 Å². The molecule has 0 radical (unpaired) electrons. The Morgan fingerprint density at radius 3 is 2.44 bits per heavy atom. The first-order valence-corrected chi connectivity index (χ1v) is 9.84. The molecule has 0 bridgehead atoms. The Morgan fingerprint density at radius 2 is 1.74 bits per heavy atom. The van der Waals surface area contributed by atoms with E-state index in [0.717, 1.165) is 18.4 Å². The Labute approximate surface area is 161 Å². The van der Waals surface area contributed by atoms with E-state index in [1.54, 1.807) is 0 Å². The van der Waals surface area contributed by atoms with Gasteiger partial charge in [-0.2, -0.15) is 0 Å². The average molecular weight is 374 g/mol. The summed E-state index contributed by atoms with van der Waals surface area (Å²) in [4.78, 5) is 35.5. The highest BCUT2D eigenvalue weighted by Crippen LogP contribution is 2.17. The predicted octanol–water partition coefficient (Wildman–Crippen LogP) is 3.03. The molecule has 0 heterocycles. The van der Waals surface area contributed by atoms with Crippen LogP contribution in [0.5, 0.6) is 0 Å². The van der Waals surface area contributed by atoms with Gasteiger partial charge in [0, 0.05) is 18.9 Å². The summed E-state index contributed by atoms with van der Waals surface area (Å²) in [6.07, 6.45) is 6.55. The van der Waals surface area contributed by atoms with Crippen molar-refractivity contribution in [2.45, 2.75) is 70.4 Å². The van der Waals surface area contributed by atoms with Gasteiger partial charge in [0.1, 0.15) is 0 Å². The highest BCUT2D eigenvalue weighted by atomic mass is 16.5. The molecule has 1 fully saturated rings. The average Bonchev–Trinajstić information content (AvgIpc) is 2.68. The molecule has 1 aliphatic rings. The number of carbonyl (C=O) groups is 3. The van der Waals surface area contributed by atoms with Gasteiger partial charge < -0.3 is 15.4 Å². The lowest BCUT2D eigenvalue weighted by Gasteiger charge is -2.22. The van der Waals surface area contributed by atoms with Gasteiger partial charge in [-0.05, 0) is 31.7 Å². The summed E-state index contributed by atoms with van der Waals surface area (Å²) >= 11 is 0. The van der Waals surface area contributed by atoms with Crippen LogP contribution in [0.1, 0.15) is 69.9 Å². The van der Waals surface area contributed by atoms with Crippen molar-refractivity contribution in [3.8, 4) is 0 Å². The fourth-order valence-electron chi connectivity index (χ4n) is 3.27. The van der Waals surface area contributed by atoms with E-state index in [1.807, 2.05) is 37.3 Å². The molecule has 2 N–H and O–H groups in total. The summed E-state index contributed by atoms with van der Waals surface area (Å²) in [5.41, 5.74) is 0.987. The molecule has 0 unspecified atom stereocenters. The predicted molar refractivity (Wildman–Crippen MR) is 103 cm³/mol. The molecular weight excluding hydrogens is 344 g/mol. The Morgan fingerprint density at radius 1 is 1.04 bits per heavy atom. The van der Waals surface area contributed by atoms with Gasteiger partial charge in [-0.3, -0.25) is 14.4 Å². The van der Waals surface area contributed by atoms with Crippen molar-refractivity contribution in [3.05, 3.63) is 35.9 Å². The van der Waals surface area contributed by atoms with Crippen molar-refractivity contribution < 1.29 is 19.1 Å². The number of esters is 1. The number of hydrogen-bond acceptors (Lipinski definition) is 4. The monoisotopic (exact) mass is 374 g/mol. The molecule has 1 aromatic carbocycles. The quantitative estimate of drug-likeness (QED) is 0.651. The van der Waals surface area contributed by atoms with Gasteiger partial charge in [0.25, 0.3) is 5.91 Å². The number of carbonyl (C=O) groups excluding carboxylic acids is 3. The largest absolute Gasteiger partial charge is 0.456 e. The van der Waals surface area contributed by atoms with Crippen LogP contribution < -0.4 is 10.6 Å². The second-order valence-electron chi connectivity index (χ2n) is 7.12. The topological polar surface area (TPSA) is 84.5 Å². The van der Waals surface area contributed by atoms with Crippen LogP contribution >= 0.6 is 0 Å². The first-order chi connectivity index (χ1) is 13.0. The molecule has 1 saturated carbocycles. The lowest BCUT2D eigenvalue weighted by molar-refractivity contribution is -0.148. The number of ether oxygens (including phenoxy) is 1. The number of amides is 2. The number of rotatable bonds is 9. The van der Waals surface area contributed by atoms with Gasteiger partial charge in [-0.15, -0.1) is 0 Å². The molecule has 1 aliphatic carbocycles. The third kappa shape index (κ3) is 8.24. The van der Waals surface area contributed by atoms with Crippen molar-refractivity contribution >= 4 is 17.8 Å². The zero-order valence-corrected chi connectivity index (χ0v) is 16.0. The fraction of sp³-hybridized carbons (Fsp3) is 0.571. The van der Waals surface area contributed by atoms with E-state index >= 15 is 0 Å². The molecule has 6 heteroatoms. The molecule has 0 aliphatic heterocycles. The molecule has 2 amide bonds. The molecule has 0 aromatic heterocycles. The molecule has 27 heavy (non-hydrogen) atoms. The second kappa shape index (κ2) is 11.4. The molecular formula is C21H30N2O4. The van der Waals surface area contributed by atoms with Crippen LogP contribution in [0.2, 0.25) is 0 Å². The maximum Gasteiger partial charge on any atom is 0.306 e. The highest BCUT2D eigenvalue weighted by molar-refractivity contribution is 5.81. The highest BCUT2D eigenvalue weighted by Gasteiger charge is 2.16. The van der Waals surface area contributed by atoms with Crippen LogP contribution in [0.15, 0.2) is 30.3 Å². The van der Waals surface area contributed by atoms with Crippen LogP contribution in [-0.4, -0.2) is 30.4 Å². The minimum absolute atomic E-state index is 0.0101. The number of benzene rings is 1. The maximum absolute atomic E-state index is 11.9. The first-order valence-electron chi connectivity index (χ1n) is 9.84. The van der Waals surface area contributed by atoms with Crippen LogP contribution in [0.3, 0.4) is 0 Å². The minimum Gasteiger partial charge on any atom is -0.456 e. The Bertz CT molecular complexity index is 612. The van der Waals surface area contributed by atoms with Crippen LogP contribution in [0.4, 0.5) is 0 Å². The van der Waals surface area contributed by atoms with Gasteiger partial charge in [0.05, 0.1) is 6.04 Å². The molecule has 1 atom stereocenters. The zero-order valence-electron chi connectivity index (χ0n) is 16.0. The third-order valence-corrected chi connectivity index (χ3v) is 4.80. The lowest BCUT2D eigenvalue weighted by atomic mass is 9.95. The minimum atomic E-state index is -0.456. The SMILES string of the molecule is C[C@@H](NC(=O)COC(=O)CCCC(=O)NC1CCCCC1)c1ccccc1. The lowest BCUT2D eigenvalue weighted by Crippen LogP contribution is -2.36. The summed E-state index contributed by atoms with van der Waals surface area (Å²) < 4.78 is 4.99. The second-order valence-corrected chi connectivity index (χ2v) is 7.12. The van der Waals surface area contributed by atoms with E-state index in [0.29, 0.717) is 12.8 Å². The van der Waals surface area contributed by atoms with Gasteiger partial charge in [0.15, 0.2) is 6.61 Å². The van der Waals surface area contributed by atoms with Crippen LogP contribution in [-0.2, 0) is 19.1 Å². The van der Waals surface area contributed by atoms with E-state index in [9.17, 15) is 14.4 Å². The molecule has 148 valence electrons. The fourth-order valence-corrected chi connectivity index (χ4v) is 3.27. The van der Waals surface area contributed by atoms with E-state index in [1.165, 1.54) is 19.3 Å².